The van der Waals surface area contributed by atoms with Gasteiger partial charge in [-0.3, -0.25) is 0 Å². The summed E-state index contributed by atoms with van der Waals surface area (Å²) < 4.78 is 5.27. The molecule has 0 fully saturated rings. The second kappa shape index (κ2) is 4.78. The van der Waals surface area contributed by atoms with Gasteiger partial charge in [0.15, 0.2) is 0 Å². The van der Waals surface area contributed by atoms with E-state index in [1.165, 1.54) is 5.56 Å². The van der Waals surface area contributed by atoms with Crippen LogP contribution in [0.4, 0.5) is 5.69 Å². The lowest BCUT2D eigenvalue weighted by atomic mass is 10.2. The molecule has 2 heteroatoms. The van der Waals surface area contributed by atoms with Gasteiger partial charge in [0, 0.05) is 19.3 Å². The fraction of sp³-hybridized carbons (Fsp3) is 0.400. The first-order valence-electron chi connectivity index (χ1n) is 4.21. The minimum atomic E-state index is 0.709. The van der Waals surface area contributed by atoms with Crippen molar-refractivity contribution in [3.63, 3.8) is 0 Å². The molecule has 0 atom stereocenters. The first-order valence-corrected chi connectivity index (χ1v) is 4.21. The molecule has 0 heterocycles. The Bertz CT molecular complexity index is 218. The van der Waals surface area contributed by atoms with Crippen LogP contribution in [0.25, 0.3) is 0 Å². The Morgan fingerprint density at radius 3 is 2.42 bits per heavy atom. The van der Waals surface area contributed by atoms with Crippen molar-refractivity contribution in [2.24, 2.45) is 0 Å². The van der Waals surface area contributed by atoms with Gasteiger partial charge in [0.2, 0.25) is 0 Å². The van der Waals surface area contributed by atoms with Crippen molar-refractivity contribution in [2.45, 2.75) is 13.5 Å². The Morgan fingerprint density at radius 2 is 1.92 bits per heavy atom. The summed E-state index contributed by atoms with van der Waals surface area (Å²) >= 11 is 0. The molecule has 0 saturated heterocycles. The maximum absolute atomic E-state index is 5.27. The van der Waals surface area contributed by atoms with Crippen molar-refractivity contribution in [3.8, 4) is 0 Å². The van der Waals surface area contributed by atoms with Gasteiger partial charge in [-0.25, -0.2) is 0 Å². The third kappa shape index (κ3) is 2.55. The Labute approximate surface area is 73.6 Å². The van der Waals surface area contributed by atoms with Crippen molar-refractivity contribution < 1.29 is 4.74 Å². The number of nitrogens with one attached hydrogen (secondary N) is 1. The molecular weight excluding hydrogens is 150 g/mol. The molecular formula is C10H15NO. The summed E-state index contributed by atoms with van der Waals surface area (Å²) in [6, 6.07) is 8.24. The van der Waals surface area contributed by atoms with E-state index < -0.39 is 0 Å². The average molecular weight is 165 g/mol. The lowest BCUT2D eigenvalue weighted by Crippen LogP contribution is -1.92. The van der Waals surface area contributed by atoms with E-state index in [4.69, 9.17) is 4.74 Å². The zero-order valence-electron chi connectivity index (χ0n) is 7.63. The zero-order chi connectivity index (χ0) is 8.81. The highest BCUT2D eigenvalue weighted by Gasteiger charge is 1.91. The number of rotatable bonds is 4. The maximum atomic E-state index is 5.27. The molecule has 0 unspecified atom stereocenters. The molecule has 2 nitrogen and oxygen atoms in total. The minimum absolute atomic E-state index is 0.709. The van der Waals surface area contributed by atoms with Gasteiger partial charge in [-0.15, -0.1) is 0 Å². The highest BCUT2D eigenvalue weighted by atomic mass is 16.5. The molecule has 1 aromatic rings. The molecule has 0 aliphatic carbocycles. The van der Waals surface area contributed by atoms with Gasteiger partial charge in [-0.05, 0) is 24.6 Å². The van der Waals surface area contributed by atoms with Gasteiger partial charge in [0.25, 0.3) is 0 Å². The van der Waals surface area contributed by atoms with Gasteiger partial charge < -0.3 is 10.1 Å². The summed E-state index contributed by atoms with van der Waals surface area (Å²) in [4.78, 5) is 0. The summed E-state index contributed by atoms with van der Waals surface area (Å²) in [7, 11) is 1.91. The predicted molar refractivity (Wildman–Crippen MR) is 51.3 cm³/mol. The molecule has 1 N–H and O–H groups in total. The molecule has 0 spiro atoms. The Hall–Kier alpha value is -1.02. The third-order valence-electron chi connectivity index (χ3n) is 1.72. The fourth-order valence-corrected chi connectivity index (χ4v) is 0.988. The molecule has 66 valence electrons. The summed E-state index contributed by atoms with van der Waals surface area (Å²) in [5, 5.41) is 3.07. The summed E-state index contributed by atoms with van der Waals surface area (Å²) in [6.45, 7) is 3.48. The van der Waals surface area contributed by atoms with Crippen LogP contribution < -0.4 is 5.32 Å². The number of hydrogen-bond acceptors (Lipinski definition) is 2. The number of ether oxygens (including phenoxy) is 1. The summed E-state index contributed by atoms with van der Waals surface area (Å²) in [5.41, 5.74) is 2.35. The fourth-order valence-electron chi connectivity index (χ4n) is 0.988. The Kier molecular flexibility index (Phi) is 3.61. The molecule has 0 saturated carbocycles. The van der Waals surface area contributed by atoms with E-state index in [0.717, 1.165) is 12.3 Å². The lowest BCUT2D eigenvalue weighted by molar-refractivity contribution is 0.134. The van der Waals surface area contributed by atoms with Crippen molar-refractivity contribution in [1.82, 2.24) is 0 Å². The highest BCUT2D eigenvalue weighted by Crippen LogP contribution is 2.08. The van der Waals surface area contributed by atoms with E-state index in [1.54, 1.807) is 0 Å². The van der Waals surface area contributed by atoms with Crippen LogP contribution in [0, 0.1) is 0 Å². The maximum Gasteiger partial charge on any atom is 0.0716 e. The molecule has 0 aliphatic rings. The summed E-state index contributed by atoms with van der Waals surface area (Å²) in [5.74, 6) is 0. The van der Waals surface area contributed by atoms with Crippen LogP contribution in [0.15, 0.2) is 24.3 Å². The monoisotopic (exact) mass is 165 g/mol. The van der Waals surface area contributed by atoms with E-state index in [2.05, 4.69) is 17.4 Å². The Morgan fingerprint density at radius 1 is 1.25 bits per heavy atom. The topological polar surface area (TPSA) is 21.3 Å². The number of benzene rings is 1. The molecule has 0 radical (unpaired) electrons. The average Bonchev–Trinajstić information content (AvgIpc) is 2.15. The van der Waals surface area contributed by atoms with Crippen LogP contribution >= 0.6 is 0 Å². The van der Waals surface area contributed by atoms with Crippen LogP contribution in [0.3, 0.4) is 0 Å². The Balaban J connectivity index is 2.53. The normalized spacial score (nSPS) is 9.83. The SMILES string of the molecule is CCOCc1ccc(NC)cc1. The standard InChI is InChI=1S/C10H15NO/c1-3-12-8-9-4-6-10(11-2)7-5-9/h4-7,11H,3,8H2,1-2H3. The van der Waals surface area contributed by atoms with Gasteiger partial charge in [0.1, 0.15) is 0 Å². The quantitative estimate of drug-likeness (QED) is 0.739. The van der Waals surface area contributed by atoms with Gasteiger partial charge in [-0.2, -0.15) is 0 Å². The summed E-state index contributed by atoms with van der Waals surface area (Å²) in [6.07, 6.45) is 0. The van der Waals surface area contributed by atoms with Crippen LogP contribution in [-0.2, 0) is 11.3 Å². The zero-order valence-corrected chi connectivity index (χ0v) is 7.63. The molecule has 1 aromatic carbocycles. The van der Waals surface area contributed by atoms with Crippen LogP contribution in [0.1, 0.15) is 12.5 Å². The molecule has 12 heavy (non-hydrogen) atoms. The van der Waals surface area contributed by atoms with E-state index in [1.807, 2.05) is 26.1 Å². The molecule has 1 rings (SSSR count). The van der Waals surface area contributed by atoms with Gasteiger partial charge >= 0.3 is 0 Å². The second-order valence-corrected chi connectivity index (χ2v) is 2.58. The van der Waals surface area contributed by atoms with Gasteiger partial charge in [-0.1, -0.05) is 12.1 Å². The smallest absolute Gasteiger partial charge is 0.0716 e. The largest absolute Gasteiger partial charge is 0.388 e. The molecule has 0 aliphatic heterocycles. The van der Waals surface area contributed by atoms with E-state index in [9.17, 15) is 0 Å². The highest BCUT2D eigenvalue weighted by molar-refractivity contribution is 5.43. The van der Waals surface area contributed by atoms with E-state index >= 15 is 0 Å². The van der Waals surface area contributed by atoms with Gasteiger partial charge in [0.05, 0.1) is 6.61 Å². The van der Waals surface area contributed by atoms with Crippen molar-refractivity contribution in [3.05, 3.63) is 29.8 Å². The second-order valence-electron chi connectivity index (χ2n) is 2.58. The van der Waals surface area contributed by atoms with Crippen molar-refractivity contribution in [2.75, 3.05) is 19.0 Å². The number of anilines is 1. The van der Waals surface area contributed by atoms with E-state index in [-0.39, 0.29) is 0 Å². The lowest BCUT2D eigenvalue weighted by Gasteiger charge is -2.03. The molecule has 0 aromatic heterocycles. The first-order chi connectivity index (χ1) is 5.86. The first kappa shape index (κ1) is 9.07. The molecule has 0 bridgehead atoms. The molecule has 0 amide bonds. The third-order valence-corrected chi connectivity index (χ3v) is 1.72. The van der Waals surface area contributed by atoms with Crippen LogP contribution in [0.2, 0.25) is 0 Å². The van der Waals surface area contributed by atoms with Crippen LogP contribution in [0.5, 0.6) is 0 Å². The van der Waals surface area contributed by atoms with E-state index in [0.29, 0.717) is 6.61 Å². The predicted octanol–water partition coefficient (Wildman–Crippen LogP) is 2.26. The van der Waals surface area contributed by atoms with Crippen molar-refractivity contribution in [1.29, 1.82) is 0 Å². The minimum Gasteiger partial charge on any atom is -0.388 e. The number of hydrogen-bond donors (Lipinski definition) is 1. The van der Waals surface area contributed by atoms with Crippen molar-refractivity contribution >= 4 is 5.69 Å². The van der Waals surface area contributed by atoms with Crippen LogP contribution in [-0.4, -0.2) is 13.7 Å².